The highest BCUT2D eigenvalue weighted by molar-refractivity contribution is 7.13. The van der Waals surface area contributed by atoms with Crippen molar-refractivity contribution in [3.63, 3.8) is 0 Å². The van der Waals surface area contributed by atoms with Crippen LogP contribution in [0.15, 0.2) is 34.6 Å². The van der Waals surface area contributed by atoms with E-state index in [1.807, 2.05) is 0 Å². The molecule has 2 amide bonds. The van der Waals surface area contributed by atoms with Gasteiger partial charge in [-0.05, 0) is 6.07 Å². The van der Waals surface area contributed by atoms with Crippen LogP contribution in [-0.4, -0.2) is 21.4 Å². The van der Waals surface area contributed by atoms with Crippen molar-refractivity contribution in [2.24, 2.45) is 5.73 Å². The molecule has 0 aliphatic rings. The monoisotopic (exact) mass is 292 g/mol. The molecular weight excluding hydrogens is 280 g/mol. The fourth-order valence-electron chi connectivity index (χ4n) is 1.53. The number of aromatic nitrogens is 2. The fraction of sp³-hybridized carbons (Fsp3) is 0.167. The Kier molecular flexibility index (Phi) is 4.26. The molecule has 0 fully saturated rings. The van der Waals surface area contributed by atoms with Crippen LogP contribution in [0.4, 0.5) is 5.13 Å². The van der Waals surface area contributed by atoms with Gasteiger partial charge in [-0.2, -0.15) is 0 Å². The molecule has 0 radical (unpaired) electrons. The molecule has 0 aromatic carbocycles. The number of amides is 2. The number of primary amides is 1. The molecule has 0 aliphatic carbocycles. The number of carbonyl (C=O) groups excluding carboxylic acids is 2. The molecule has 2 aromatic rings. The maximum Gasteiger partial charge on any atom is 0.250 e. The first-order chi connectivity index (χ1) is 9.54. The van der Waals surface area contributed by atoms with Gasteiger partial charge in [-0.3, -0.25) is 14.4 Å². The maximum atomic E-state index is 11.8. The van der Waals surface area contributed by atoms with E-state index >= 15 is 0 Å². The van der Waals surface area contributed by atoms with Crippen LogP contribution < -0.4 is 16.6 Å². The predicted molar refractivity (Wildman–Crippen MR) is 74.3 cm³/mol. The summed E-state index contributed by atoms with van der Waals surface area (Å²) in [5.74, 6) is -0.845. The molecule has 2 rings (SSSR count). The van der Waals surface area contributed by atoms with E-state index in [2.05, 4.69) is 10.3 Å². The Morgan fingerprint density at radius 1 is 1.40 bits per heavy atom. The highest BCUT2D eigenvalue weighted by Crippen LogP contribution is 2.15. The summed E-state index contributed by atoms with van der Waals surface area (Å²) in [6.45, 7) is -0.0929. The van der Waals surface area contributed by atoms with Crippen molar-refractivity contribution in [3.05, 3.63) is 45.8 Å². The van der Waals surface area contributed by atoms with E-state index < -0.39 is 5.91 Å². The lowest BCUT2D eigenvalue weighted by Crippen LogP contribution is -2.26. The number of nitrogens with two attached hydrogens (primary N) is 1. The van der Waals surface area contributed by atoms with Gasteiger partial charge in [-0.25, -0.2) is 4.98 Å². The van der Waals surface area contributed by atoms with Gasteiger partial charge in [0.05, 0.1) is 12.1 Å². The first-order valence-corrected chi connectivity index (χ1v) is 6.60. The average Bonchev–Trinajstić information content (AvgIpc) is 2.78. The van der Waals surface area contributed by atoms with E-state index in [0.717, 1.165) is 0 Å². The molecule has 7 nitrogen and oxygen atoms in total. The highest BCUT2D eigenvalue weighted by Gasteiger charge is 2.09. The van der Waals surface area contributed by atoms with E-state index in [1.165, 1.54) is 28.2 Å². The van der Waals surface area contributed by atoms with Crippen molar-refractivity contribution in [3.8, 4) is 0 Å². The van der Waals surface area contributed by atoms with Crippen LogP contribution in [0.1, 0.15) is 5.69 Å². The summed E-state index contributed by atoms with van der Waals surface area (Å²) in [5, 5.41) is 4.59. The molecule has 2 heterocycles. The molecule has 104 valence electrons. The minimum Gasteiger partial charge on any atom is -0.369 e. The Labute approximate surface area is 118 Å². The van der Waals surface area contributed by atoms with Crippen LogP contribution >= 0.6 is 11.3 Å². The number of rotatable bonds is 5. The van der Waals surface area contributed by atoms with Gasteiger partial charge >= 0.3 is 0 Å². The minimum atomic E-state index is -0.482. The van der Waals surface area contributed by atoms with Crippen molar-refractivity contribution in [1.29, 1.82) is 0 Å². The van der Waals surface area contributed by atoms with Gasteiger partial charge in [0.25, 0.3) is 5.56 Å². The Morgan fingerprint density at radius 3 is 2.90 bits per heavy atom. The molecule has 0 atom stereocenters. The number of nitrogens with one attached hydrogen (secondary N) is 1. The number of thiazole rings is 1. The van der Waals surface area contributed by atoms with Gasteiger partial charge in [-0.1, -0.05) is 6.07 Å². The van der Waals surface area contributed by atoms with Crippen LogP contribution in [0.5, 0.6) is 0 Å². The lowest BCUT2D eigenvalue weighted by atomic mass is 10.3. The lowest BCUT2D eigenvalue weighted by molar-refractivity contribution is -0.117. The summed E-state index contributed by atoms with van der Waals surface area (Å²) in [4.78, 5) is 38.0. The quantitative estimate of drug-likeness (QED) is 0.807. The second kappa shape index (κ2) is 6.11. The van der Waals surface area contributed by atoms with E-state index in [0.29, 0.717) is 10.8 Å². The van der Waals surface area contributed by atoms with Crippen molar-refractivity contribution in [1.82, 2.24) is 9.55 Å². The first kappa shape index (κ1) is 13.9. The Morgan fingerprint density at radius 2 is 2.20 bits per heavy atom. The number of nitrogens with zero attached hydrogens (tertiary/aromatic N) is 2. The summed E-state index contributed by atoms with van der Waals surface area (Å²) >= 11 is 1.20. The lowest BCUT2D eigenvalue weighted by Gasteiger charge is -2.04. The fourth-order valence-corrected chi connectivity index (χ4v) is 2.26. The van der Waals surface area contributed by atoms with Crippen LogP contribution in [-0.2, 0) is 22.6 Å². The summed E-state index contributed by atoms with van der Waals surface area (Å²) < 4.78 is 1.28. The SMILES string of the molecule is NC(=O)Cc1csc(NC(=O)Cn2ccccc2=O)n1. The van der Waals surface area contributed by atoms with Gasteiger partial charge in [-0.15, -0.1) is 11.3 Å². The third-order valence-corrected chi connectivity index (χ3v) is 3.17. The Hall–Kier alpha value is -2.48. The van der Waals surface area contributed by atoms with E-state index in [-0.39, 0.29) is 24.4 Å². The van der Waals surface area contributed by atoms with Crippen molar-refractivity contribution < 1.29 is 9.59 Å². The van der Waals surface area contributed by atoms with E-state index in [9.17, 15) is 14.4 Å². The zero-order valence-electron chi connectivity index (χ0n) is 10.4. The smallest absolute Gasteiger partial charge is 0.250 e. The third-order valence-electron chi connectivity index (χ3n) is 2.37. The number of anilines is 1. The molecule has 0 saturated heterocycles. The van der Waals surface area contributed by atoms with Crippen molar-refractivity contribution in [2.75, 3.05) is 5.32 Å². The number of hydrogen-bond acceptors (Lipinski definition) is 5. The first-order valence-electron chi connectivity index (χ1n) is 5.72. The zero-order chi connectivity index (χ0) is 14.5. The normalized spacial score (nSPS) is 10.2. The summed E-state index contributed by atoms with van der Waals surface area (Å²) in [7, 11) is 0. The zero-order valence-corrected chi connectivity index (χ0v) is 11.2. The van der Waals surface area contributed by atoms with Crippen LogP contribution in [0.3, 0.4) is 0 Å². The molecule has 2 aromatic heterocycles. The molecule has 0 bridgehead atoms. The molecule has 0 saturated carbocycles. The van der Waals surface area contributed by atoms with E-state index in [4.69, 9.17) is 5.73 Å². The van der Waals surface area contributed by atoms with Crippen LogP contribution in [0.25, 0.3) is 0 Å². The maximum absolute atomic E-state index is 11.8. The predicted octanol–water partition coefficient (Wildman–Crippen LogP) is -0.0287. The topological polar surface area (TPSA) is 107 Å². The van der Waals surface area contributed by atoms with E-state index in [1.54, 1.807) is 17.5 Å². The average molecular weight is 292 g/mol. The second-order valence-electron chi connectivity index (χ2n) is 4.00. The second-order valence-corrected chi connectivity index (χ2v) is 4.86. The molecule has 0 spiro atoms. The molecule has 8 heteroatoms. The molecule has 0 aliphatic heterocycles. The Balaban J connectivity index is 1.98. The third kappa shape index (κ3) is 3.75. The van der Waals surface area contributed by atoms with Gasteiger partial charge in [0.2, 0.25) is 11.8 Å². The summed E-state index contributed by atoms with van der Waals surface area (Å²) in [6.07, 6.45) is 1.56. The highest BCUT2D eigenvalue weighted by atomic mass is 32.1. The van der Waals surface area contributed by atoms with Gasteiger partial charge in [0, 0.05) is 17.6 Å². The number of hydrogen-bond donors (Lipinski definition) is 2. The van der Waals surface area contributed by atoms with Gasteiger partial charge in [0.1, 0.15) is 6.54 Å². The molecule has 20 heavy (non-hydrogen) atoms. The largest absolute Gasteiger partial charge is 0.369 e. The number of carbonyl (C=O) groups is 2. The van der Waals surface area contributed by atoms with Crippen LogP contribution in [0.2, 0.25) is 0 Å². The van der Waals surface area contributed by atoms with Crippen molar-refractivity contribution in [2.45, 2.75) is 13.0 Å². The molecular formula is C12H12N4O3S. The van der Waals surface area contributed by atoms with Gasteiger partial charge < -0.3 is 15.6 Å². The van der Waals surface area contributed by atoms with Crippen LogP contribution in [0, 0.1) is 0 Å². The minimum absolute atomic E-state index is 0.0323. The Bertz CT molecular complexity index is 692. The summed E-state index contributed by atoms with van der Waals surface area (Å²) in [6, 6.07) is 4.65. The molecule has 0 unspecified atom stereocenters. The van der Waals surface area contributed by atoms with Gasteiger partial charge in [0.15, 0.2) is 5.13 Å². The van der Waals surface area contributed by atoms with Crippen molar-refractivity contribution >= 4 is 28.3 Å². The number of pyridine rings is 1. The molecule has 3 N–H and O–H groups in total. The summed E-state index contributed by atoms with van der Waals surface area (Å²) in [5.41, 5.74) is 5.31. The standard InChI is InChI=1S/C12H12N4O3S/c13-9(17)5-8-7-20-12(14-8)15-10(18)6-16-4-2-1-3-11(16)19/h1-4,7H,5-6H2,(H2,13,17)(H,14,15,18).